The lowest BCUT2D eigenvalue weighted by Crippen LogP contribution is -2.05. The molecule has 2 heteroatoms. The summed E-state index contributed by atoms with van der Waals surface area (Å²) in [7, 11) is -1.42. The van der Waals surface area contributed by atoms with Gasteiger partial charge in [0.05, 0.1) is 0 Å². The van der Waals surface area contributed by atoms with Crippen LogP contribution in [0.15, 0.2) is 12.3 Å². The van der Waals surface area contributed by atoms with Gasteiger partial charge in [0.15, 0.2) is 9.04 Å². The van der Waals surface area contributed by atoms with E-state index in [0.29, 0.717) is 0 Å². The molecule has 1 nitrogen and oxygen atoms in total. The Morgan fingerprint density at radius 1 is 1.86 bits per heavy atom. The summed E-state index contributed by atoms with van der Waals surface area (Å²) >= 11 is 0. The van der Waals surface area contributed by atoms with Crippen LogP contribution >= 0.6 is 0 Å². The van der Waals surface area contributed by atoms with Crippen molar-refractivity contribution in [1.82, 2.24) is 0 Å². The van der Waals surface area contributed by atoms with E-state index in [0.717, 1.165) is 12.5 Å². The minimum atomic E-state index is -1.42. The third-order valence-corrected chi connectivity index (χ3v) is 2.57. The van der Waals surface area contributed by atoms with E-state index in [2.05, 4.69) is 13.5 Å². The van der Waals surface area contributed by atoms with Gasteiger partial charge in [-0.15, -0.1) is 6.58 Å². The Kier molecular flexibility index (Phi) is 4.04. The lowest BCUT2D eigenvalue weighted by molar-refractivity contribution is 0.580. The SMILES string of the molecule is C=C[SiH](O)CCC. The molecule has 0 bridgehead atoms. The maximum Gasteiger partial charge on any atom is 0.196 e. The van der Waals surface area contributed by atoms with E-state index in [4.69, 9.17) is 4.80 Å². The number of rotatable bonds is 3. The summed E-state index contributed by atoms with van der Waals surface area (Å²) in [5.74, 6) is 0. The van der Waals surface area contributed by atoms with Crippen molar-refractivity contribution in [2.75, 3.05) is 0 Å². The van der Waals surface area contributed by atoms with Crippen molar-refractivity contribution >= 4 is 9.04 Å². The zero-order valence-corrected chi connectivity index (χ0v) is 5.88. The van der Waals surface area contributed by atoms with Gasteiger partial charge in [0.1, 0.15) is 0 Å². The van der Waals surface area contributed by atoms with Crippen LogP contribution in [0.25, 0.3) is 0 Å². The second kappa shape index (κ2) is 4.09. The molecule has 0 radical (unpaired) electrons. The van der Waals surface area contributed by atoms with Crippen LogP contribution < -0.4 is 0 Å². The molecule has 7 heavy (non-hydrogen) atoms. The summed E-state index contributed by atoms with van der Waals surface area (Å²) in [5, 5.41) is 0. The summed E-state index contributed by atoms with van der Waals surface area (Å²) in [5.41, 5.74) is 1.70. The minimum absolute atomic E-state index is 0.976. The van der Waals surface area contributed by atoms with Gasteiger partial charge >= 0.3 is 0 Å². The molecule has 0 fully saturated rings. The Bertz CT molecular complexity index is 54.0. The third-order valence-electron chi connectivity index (χ3n) is 0.857. The van der Waals surface area contributed by atoms with E-state index >= 15 is 0 Å². The van der Waals surface area contributed by atoms with Gasteiger partial charge in [-0.1, -0.05) is 19.0 Å². The highest BCUT2D eigenvalue weighted by molar-refractivity contribution is 6.55. The van der Waals surface area contributed by atoms with Crippen LogP contribution in [0.2, 0.25) is 6.04 Å². The van der Waals surface area contributed by atoms with Crippen LogP contribution in [0.4, 0.5) is 0 Å². The Morgan fingerprint density at radius 2 is 2.43 bits per heavy atom. The van der Waals surface area contributed by atoms with E-state index in [1.54, 1.807) is 5.70 Å². The summed E-state index contributed by atoms with van der Waals surface area (Å²) in [6.45, 7) is 5.56. The normalized spacial score (nSPS) is 13.4. The Hall–Kier alpha value is -0.0831. The van der Waals surface area contributed by atoms with E-state index in [1.807, 2.05) is 0 Å². The van der Waals surface area contributed by atoms with Gasteiger partial charge in [0, 0.05) is 0 Å². The third kappa shape index (κ3) is 3.75. The molecule has 0 aliphatic heterocycles. The Balaban J connectivity index is 2.98. The van der Waals surface area contributed by atoms with Gasteiger partial charge in [-0.25, -0.2) is 0 Å². The molecule has 0 aromatic heterocycles. The summed E-state index contributed by atoms with van der Waals surface area (Å²) < 4.78 is 0. The van der Waals surface area contributed by atoms with Gasteiger partial charge in [-0.2, -0.15) is 0 Å². The molecule has 0 spiro atoms. The highest BCUT2D eigenvalue weighted by Crippen LogP contribution is 1.91. The smallest absolute Gasteiger partial charge is 0.196 e. The second-order valence-corrected chi connectivity index (χ2v) is 3.78. The first-order valence-electron chi connectivity index (χ1n) is 2.62. The van der Waals surface area contributed by atoms with Crippen molar-refractivity contribution < 1.29 is 4.80 Å². The molecule has 1 N–H and O–H groups in total. The fraction of sp³-hybridized carbons (Fsp3) is 0.600. The zero-order valence-electron chi connectivity index (χ0n) is 4.72. The van der Waals surface area contributed by atoms with Gasteiger partial charge in [-0.3, -0.25) is 0 Å². The first-order valence-corrected chi connectivity index (χ1v) is 4.61. The quantitative estimate of drug-likeness (QED) is 0.542. The predicted octanol–water partition coefficient (Wildman–Crippen LogP) is 0.838. The highest BCUT2D eigenvalue weighted by atomic mass is 28.3. The van der Waals surface area contributed by atoms with Crippen molar-refractivity contribution in [3.8, 4) is 0 Å². The van der Waals surface area contributed by atoms with E-state index < -0.39 is 9.04 Å². The van der Waals surface area contributed by atoms with Crippen LogP contribution in [0.5, 0.6) is 0 Å². The molecule has 0 aromatic rings. The van der Waals surface area contributed by atoms with Crippen LogP contribution in [0.1, 0.15) is 13.3 Å². The average Bonchev–Trinajstić information content (AvgIpc) is 1.68. The average molecular weight is 116 g/mol. The molecule has 0 aliphatic rings. The van der Waals surface area contributed by atoms with E-state index in [-0.39, 0.29) is 0 Å². The second-order valence-electron chi connectivity index (χ2n) is 1.59. The van der Waals surface area contributed by atoms with Crippen LogP contribution in [0.3, 0.4) is 0 Å². The van der Waals surface area contributed by atoms with Gasteiger partial charge in [0.2, 0.25) is 0 Å². The molecule has 42 valence electrons. The standard InChI is InChI=1S/C5H12OSi/c1-3-5-7(6)4-2/h4,6-7H,2-3,5H2,1H3. The van der Waals surface area contributed by atoms with Crippen LogP contribution in [-0.4, -0.2) is 13.8 Å². The minimum Gasteiger partial charge on any atom is -0.431 e. The fourth-order valence-corrected chi connectivity index (χ4v) is 1.24. The highest BCUT2D eigenvalue weighted by Gasteiger charge is 1.95. The van der Waals surface area contributed by atoms with Crippen molar-refractivity contribution in [3.63, 3.8) is 0 Å². The molecule has 1 atom stereocenters. The Morgan fingerprint density at radius 3 is 2.57 bits per heavy atom. The van der Waals surface area contributed by atoms with Gasteiger partial charge < -0.3 is 4.80 Å². The van der Waals surface area contributed by atoms with Gasteiger partial charge in [-0.05, 0) is 6.04 Å². The topological polar surface area (TPSA) is 20.2 Å². The lowest BCUT2D eigenvalue weighted by atomic mass is 10.6. The molecule has 0 aromatic carbocycles. The first-order chi connectivity index (χ1) is 3.31. The maximum atomic E-state index is 8.88. The van der Waals surface area contributed by atoms with Crippen molar-refractivity contribution in [2.45, 2.75) is 19.4 Å². The fourth-order valence-electron chi connectivity index (χ4n) is 0.414. The molecule has 0 aliphatic carbocycles. The van der Waals surface area contributed by atoms with Crippen LogP contribution in [0, 0.1) is 0 Å². The summed E-state index contributed by atoms with van der Waals surface area (Å²) in [6, 6.07) is 0.976. The molecule has 0 saturated carbocycles. The maximum absolute atomic E-state index is 8.88. The molecule has 0 amide bonds. The molecule has 0 rings (SSSR count). The molecular formula is C5H12OSi. The Labute approximate surface area is 46.4 Å². The molecule has 0 saturated heterocycles. The first kappa shape index (κ1) is 6.92. The monoisotopic (exact) mass is 116 g/mol. The van der Waals surface area contributed by atoms with Crippen molar-refractivity contribution in [3.05, 3.63) is 12.3 Å². The number of hydrogen-bond acceptors (Lipinski definition) is 1. The largest absolute Gasteiger partial charge is 0.431 e. The molecular weight excluding hydrogens is 104 g/mol. The van der Waals surface area contributed by atoms with Crippen molar-refractivity contribution in [1.29, 1.82) is 0 Å². The zero-order chi connectivity index (χ0) is 5.70. The van der Waals surface area contributed by atoms with Crippen molar-refractivity contribution in [2.24, 2.45) is 0 Å². The van der Waals surface area contributed by atoms with E-state index in [1.165, 1.54) is 0 Å². The number of hydrogen-bond donors (Lipinski definition) is 1. The summed E-state index contributed by atoms with van der Waals surface area (Å²) in [4.78, 5) is 8.88. The lowest BCUT2D eigenvalue weighted by Gasteiger charge is -1.94. The molecule has 0 heterocycles. The van der Waals surface area contributed by atoms with Crippen LogP contribution in [-0.2, 0) is 0 Å². The predicted molar refractivity (Wildman–Crippen MR) is 34.7 cm³/mol. The van der Waals surface area contributed by atoms with Gasteiger partial charge in [0.25, 0.3) is 0 Å². The van der Waals surface area contributed by atoms with E-state index in [9.17, 15) is 0 Å². The summed E-state index contributed by atoms with van der Waals surface area (Å²) in [6.07, 6.45) is 1.08. The molecule has 1 unspecified atom stereocenters.